The second kappa shape index (κ2) is 13.5. The summed E-state index contributed by atoms with van der Waals surface area (Å²) in [6, 6.07) is 16.1. The number of hydrogen-bond acceptors (Lipinski definition) is 7. The lowest BCUT2D eigenvalue weighted by Gasteiger charge is -2.22. The maximum atomic E-state index is 13.0. The van der Waals surface area contributed by atoms with Gasteiger partial charge in [0.1, 0.15) is 18.7 Å². The number of hydrogen-bond donors (Lipinski definition) is 2. The maximum Gasteiger partial charge on any atom is 0.408 e. The van der Waals surface area contributed by atoms with Gasteiger partial charge in [0, 0.05) is 12.8 Å². The minimum Gasteiger partial charge on any atom is -0.469 e. The van der Waals surface area contributed by atoms with Gasteiger partial charge >= 0.3 is 18.0 Å². The van der Waals surface area contributed by atoms with Gasteiger partial charge in [-0.05, 0) is 17.5 Å². The van der Waals surface area contributed by atoms with Gasteiger partial charge in [-0.25, -0.2) is 9.59 Å². The normalized spacial score (nSPS) is 12.1. The number of methoxy groups -OCH3 is 2. The summed E-state index contributed by atoms with van der Waals surface area (Å²) in [6.07, 6.45) is -0.717. The van der Waals surface area contributed by atoms with Crippen LogP contribution in [0.1, 0.15) is 24.0 Å². The van der Waals surface area contributed by atoms with Crippen LogP contribution in [0.25, 0.3) is 0 Å². The van der Waals surface area contributed by atoms with E-state index in [4.69, 9.17) is 9.47 Å². The number of rotatable bonds is 11. The Hall–Kier alpha value is -3.88. The quantitative estimate of drug-likeness (QED) is 0.393. The van der Waals surface area contributed by atoms with Crippen LogP contribution in [0, 0.1) is 0 Å². The summed E-state index contributed by atoms with van der Waals surface area (Å²) in [7, 11) is 2.41. The molecule has 0 saturated heterocycles. The number of nitrogens with one attached hydrogen (secondary N) is 2. The van der Waals surface area contributed by atoms with Crippen molar-refractivity contribution >= 4 is 23.9 Å². The monoisotopic (exact) mass is 456 g/mol. The topological polar surface area (TPSA) is 120 Å². The Morgan fingerprint density at radius 2 is 1.39 bits per heavy atom. The van der Waals surface area contributed by atoms with Crippen molar-refractivity contribution in [2.24, 2.45) is 0 Å². The average molecular weight is 456 g/mol. The Morgan fingerprint density at radius 3 is 1.97 bits per heavy atom. The van der Waals surface area contributed by atoms with E-state index in [-0.39, 0.29) is 25.9 Å². The molecular weight excluding hydrogens is 428 g/mol. The van der Waals surface area contributed by atoms with E-state index in [0.717, 1.165) is 11.1 Å². The molecule has 0 spiro atoms. The van der Waals surface area contributed by atoms with Crippen molar-refractivity contribution in [2.75, 3.05) is 14.2 Å². The van der Waals surface area contributed by atoms with Crippen LogP contribution in [-0.4, -0.2) is 50.2 Å². The summed E-state index contributed by atoms with van der Waals surface area (Å²) in [4.78, 5) is 49.0. The molecule has 0 saturated carbocycles. The summed E-state index contributed by atoms with van der Waals surface area (Å²) < 4.78 is 14.5. The second-order valence-corrected chi connectivity index (χ2v) is 7.15. The van der Waals surface area contributed by atoms with Gasteiger partial charge in [0.2, 0.25) is 5.91 Å². The first-order chi connectivity index (χ1) is 15.9. The van der Waals surface area contributed by atoms with Gasteiger partial charge in [0.05, 0.1) is 14.2 Å². The van der Waals surface area contributed by atoms with E-state index in [0.29, 0.717) is 0 Å². The zero-order chi connectivity index (χ0) is 24.1. The third-order valence-electron chi connectivity index (χ3n) is 4.77. The van der Waals surface area contributed by atoms with Gasteiger partial charge in [-0.15, -0.1) is 0 Å². The number of amides is 2. The zero-order valence-corrected chi connectivity index (χ0v) is 18.6. The van der Waals surface area contributed by atoms with Gasteiger partial charge in [0.25, 0.3) is 0 Å². The summed E-state index contributed by atoms with van der Waals surface area (Å²) in [5.74, 6) is -1.85. The van der Waals surface area contributed by atoms with Crippen molar-refractivity contribution in [2.45, 2.75) is 38.0 Å². The van der Waals surface area contributed by atoms with Crippen LogP contribution < -0.4 is 10.6 Å². The lowest BCUT2D eigenvalue weighted by molar-refractivity contribution is -0.146. The predicted octanol–water partition coefficient (Wildman–Crippen LogP) is 2.14. The summed E-state index contributed by atoms with van der Waals surface area (Å²) in [6.45, 7) is 0.0380. The first-order valence-corrected chi connectivity index (χ1v) is 10.4. The van der Waals surface area contributed by atoms with Crippen LogP contribution in [0.4, 0.5) is 4.79 Å². The molecule has 2 aromatic carbocycles. The highest BCUT2D eigenvalue weighted by atomic mass is 16.5. The van der Waals surface area contributed by atoms with E-state index < -0.39 is 36.0 Å². The van der Waals surface area contributed by atoms with Crippen molar-refractivity contribution in [3.8, 4) is 0 Å². The molecule has 2 rings (SSSR count). The molecule has 2 aromatic rings. The van der Waals surface area contributed by atoms with Gasteiger partial charge in [-0.1, -0.05) is 60.7 Å². The van der Waals surface area contributed by atoms with Crippen molar-refractivity contribution in [1.82, 2.24) is 10.6 Å². The van der Waals surface area contributed by atoms with Crippen molar-refractivity contribution in [1.29, 1.82) is 0 Å². The van der Waals surface area contributed by atoms with Gasteiger partial charge in [0.15, 0.2) is 0 Å². The standard InChI is InChI=1S/C24H28N2O7/c1-31-21(27)14-13-19(23(29)32-2)25-22(28)20(15-17-9-5-3-6-10-17)26-24(30)33-16-18-11-7-4-8-12-18/h3-12,19-20H,13-16H2,1-2H3,(H,25,28)(H,26,30)/t19-,20-/m1/s1. The number of carbonyl (C=O) groups is 4. The van der Waals surface area contributed by atoms with E-state index in [9.17, 15) is 19.2 Å². The van der Waals surface area contributed by atoms with E-state index in [1.54, 1.807) is 0 Å². The molecule has 0 radical (unpaired) electrons. The Balaban J connectivity index is 2.08. The molecule has 0 fully saturated rings. The Bertz CT molecular complexity index is 919. The average Bonchev–Trinajstić information content (AvgIpc) is 2.85. The number of alkyl carbamates (subject to hydrolysis) is 1. The number of carbonyl (C=O) groups excluding carboxylic acids is 4. The van der Waals surface area contributed by atoms with E-state index in [1.165, 1.54) is 14.2 Å². The first kappa shape index (κ1) is 25.4. The first-order valence-electron chi connectivity index (χ1n) is 10.4. The summed E-state index contributed by atoms with van der Waals surface area (Å²) in [5, 5.41) is 5.11. The lowest BCUT2D eigenvalue weighted by Crippen LogP contribution is -2.52. The van der Waals surface area contributed by atoms with Gasteiger partial charge in [-0.2, -0.15) is 0 Å². The third-order valence-corrected chi connectivity index (χ3v) is 4.77. The molecule has 2 N–H and O–H groups in total. The minimum atomic E-state index is -1.08. The van der Waals surface area contributed by atoms with Crippen LogP contribution in [-0.2, 0) is 41.6 Å². The second-order valence-electron chi connectivity index (χ2n) is 7.15. The molecule has 0 bridgehead atoms. The van der Waals surface area contributed by atoms with E-state index >= 15 is 0 Å². The van der Waals surface area contributed by atoms with Gasteiger partial charge < -0.3 is 24.8 Å². The summed E-state index contributed by atoms with van der Waals surface area (Å²) >= 11 is 0. The zero-order valence-electron chi connectivity index (χ0n) is 18.6. The molecule has 0 unspecified atom stereocenters. The Labute approximate surface area is 192 Å². The molecule has 9 nitrogen and oxygen atoms in total. The van der Waals surface area contributed by atoms with Gasteiger partial charge in [-0.3, -0.25) is 9.59 Å². The highest BCUT2D eigenvalue weighted by Gasteiger charge is 2.28. The van der Waals surface area contributed by atoms with E-state index in [1.807, 2.05) is 60.7 Å². The SMILES string of the molecule is COC(=O)CC[C@@H](NC(=O)[C@@H](Cc1ccccc1)NC(=O)OCc1ccccc1)C(=O)OC. The molecule has 33 heavy (non-hydrogen) atoms. The third kappa shape index (κ3) is 9.02. The maximum absolute atomic E-state index is 13.0. The van der Waals surface area contributed by atoms with Crippen LogP contribution in [0.2, 0.25) is 0 Å². The van der Waals surface area contributed by atoms with Crippen LogP contribution >= 0.6 is 0 Å². The fraction of sp³-hybridized carbons (Fsp3) is 0.333. The summed E-state index contributed by atoms with van der Waals surface area (Å²) in [5.41, 5.74) is 1.59. The molecule has 176 valence electrons. The molecule has 0 heterocycles. The molecule has 9 heteroatoms. The number of benzene rings is 2. The molecule has 0 aromatic heterocycles. The van der Waals surface area contributed by atoms with Crippen LogP contribution in [0.3, 0.4) is 0 Å². The molecule has 0 aliphatic heterocycles. The van der Waals surface area contributed by atoms with Crippen LogP contribution in [0.15, 0.2) is 60.7 Å². The highest BCUT2D eigenvalue weighted by Crippen LogP contribution is 2.08. The predicted molar refractivity (Wildman–Crippen MR) is 119 cm³/mol. The fourth-order valence-electron chi connectivity index (χ4n) is 2.99. The molecule has 0 aliphatic carbocycles. The minimum absolute atomic E-state index is 0.0123. The molecular formula is C24H28N2O7. The van der Waals surface area contributed by atoms with Crippen molar-refractivity contribution in [3.05, 3.63) is 71.8 Å². The largest absolute Gasteiger partial charge is 0.469 e. The highest BCUT2D eigenvalue weighted by molar-refractivity contribution is 5.90. The molecule has 2 amide bonds. The number of esters is 2. The fourth-order valence-corrected chi connectivity index (χ4v) is 2.99. The molecule has 0 aliphatic rings. The smallest absolute Gasteiger partial charge is 0.408 e. The Morgan fingerprint density at radius 1 is 0.788 bits per heavy atom. The van der Waals surface area contributed by atoms with Crippen molar-refractivity contribution in [3.63, 3.8) is 0 Å². The Kier molecular flexibility index (Phi) is 10.4. The van der Waals surface area contributed by atoms with Crippen molar-refractivity contribution < 1.29 is 33.4 Å². The van der Waals surface area contributed by atoms with Crippen LogP contribution in [0.5, 0.6) is 0 Å². The lowest BCUT2D eigenvalue weighted by atomic mass is 10.0. The molecule has 2 atom stereocenters. The van der Waals surface area contributed by atoms with E-state index in [2.05, 4.69) is 15.4 Å². The number of ether oxygens (including phenoxy) is 3.